The first-order valence-electron chi connectivity index (χ1n) is 7.26. The predicted molar refractivity (Wildman–Crippen MR) is 81.6 cm³/mol. The lowest BCUT2D eigenvalue weighted by atomic mass is 10.1. The molecule has 1 amide bonds. The monoisotopic (exact) mass is 280 g/mol. The molecule has 0 bridgehead atoms. The maximum absolute atomic E-state index is 11.6. The number of carbonyl (C=O) groups is 1. The van der Waals surface area contributed by atoms with E-state index in [1.54, 1.807) is 19.0 Å². The molecule has 0 fully saturated rings. The highest BCUT2D eigenvalue weighted by Gasteiger charge is 2.12. The van der Waals surface area contributed by atoms with Crippen molar-refractivity contribution in [2.24, 2.45) is 5.92 Å². The summed E-state index contributed by atoms with van der Waals surface area (Å²) in [5.41, 5.74) is 3.46. The van der Waals surface area contributed by atoms with E-state index < -0.39 is 0 Å². The van der Waals surface area contributed by atoms with E-state index in [2.05, 4.69) is 31.2 Å². The highest BCUT2D eigenvalue weighted by molar-refractivity contribution is 5.75. The second-order valence-electron chi connectivity index (χ2n) is 5.94. The number of aryl methyl sites for hydroxylation is 2. The van der Waals surface area contributed by atoms with Crippen LogP contribution >= 0.6 is 0 Å². The molecule has 0 saturated heterocycles. The maximum Gasteiger partial charge on any atom is 0.223 e. The Bertz CT molecular complexity index is 449. The first-order chi connectivity index (χ1) is 9.32. The Hall–Kier alpha value is -1.36. The van der Waals surface area contributed by atoms with Gasteiger partial charge in [-0.1, -0.05) is 13.8 Å². The molecule has 114 valence electrons. The van der Waals surface area contributed by atoms with E-state index in [0.717, 1.165) is 24.5 Å². The van der Waals surface area contributed by atoms with Crippen LogP contribution in [-0.2, 0) is 17.9 Å². The predicted octanol–water partition coefficient (Wildman–Crippen LogP) is 1.72. The Morgan fingerprint density at radius 3 is 2.55 bits per heavy atom. The van der Waals surface area contributed by atoms with E-state index >= 15 is 0 Å². The van der Waals surface area contributed by atoms with Crippen molar-refractivity contribution in [2.45, 2.75) is 47.2 Å². The number of nitrogens with one attached hydrogen (secondary N) is 1. The lowest BCUT2D eigenvalue weighted by molar-refractivity contribution is -0.128. The van der Waals surface area contributed by atoms with Crippen molar-refractivity contribution in [3.8, 4) is 0 Å². The number of nitrogens with zero attached hydrogens (tertiary/aromatic N) is 3. The van der Waals surface area contributed by atoms with Crippen LogP contribution < -0.4 is 5.32 Å². The van der Waals surface area contributed by atoms with Crippen LogP contribution in [0.15, 0.2) is 0 Å². The molecule has 20 heavy (non-hydrogen) atoms. The molecule has 0 aromatic carbocycles. The zero-order valence-corrected chi connectivity index (χ0v) is 13.7. The number of rotatable bonds is 7. The third kappa shape index (κ3) is 4.63. The van der Waals surface area contributed by atoms with Crippen LogP contribution in [0.1, 0.15) is 37.2 Å². The Labute approximate surface area is 122 Å². The summed E-state index contributed by atoms with van der Waals surface area (Å²) in [6.45, 7) is 11.0. The fourth-order valence-corrected chi connectivity index (χ4v) is 2.12. The van der Waals surface area contributed by atoms with E-state index in [4.69, 9.17) is 0 Å². The zero-order valence-electron chi connectivity index (χ0n) is 13.7. The molecule has 0 saturated carbocycles. The lowest BCUT2D eigenvalue weighted by Gasteiger charge is -2.11. The summed E-state index contributed by atoms with van der Waals surface area (Å²) in [6, 6.07) is 0. The normalized spacial score (nSPS) is 11.2. The van der Waals surface area contributed by atoms with Crippen molar-refractivity contribution in [1.82, 2.24) is 20.0 Å². The number of hydrogen-bond acceptors (Lipinski definition) is 3. The minimum absolute atomic E-state index is 0.136. The van der Waals surface area contributed by atoms with E-state index in [-0.39, 0.29) is 5.91 Å². The van der Waals surface area contributed by atoms with Crippen molar-refractivity contribution >= 4 is 5.91 Å². The number of amides is 1. The summed E-state index contributed by atoms with van der Waals surface area (Å²) >= 11 is 0. The topological polar surface area (TPSA) is 50.2 Å². The Morgan fingerprint density at radius 1 is 1.35 bits per heavy atom. The zero-order chi connectivity index (χ0) is 15.3. The van der Waals surface area contributed by atoms with Crippen molar-refractivity contribution in [1.29, 1.82) is 0 Å². The molecule has 1 aromatic heterocycles. The van der Waals surface area contributed by atoms with Gasteiger partial charge in [-0.3, -0.25) is 9.48 Å². The van der Waals surface area contributed by atoms with Gasteiger partial charge < -0.3 is 10.2 Å². The highest BCUT2D eigenvalue weighted by atomic mass is 16.2. The second kappa shape index (κ2) is 7.43. The maximum atomic E-state index is 11.6. The molecule has 0 radical (unpaired) electrons. The average Bonchev–Trinajstić information content (AvgIpc) is 2.62. The largest absolute Gasteiger partial charge is 0.349 e. The van der Waals surface area contributed by atoms with Crippen LogP contribution in [0.5, 0.6) is 0 Å². The van der Waals surface area contributed by atoms with Gasteiger partial charge in [0.25, 0.3) is 0 Å². The van der Waals surface area contributed by atoms with Crippen LogP contribution in [0.4, 0.5) is 0 Å². The first-order valence-corrected chi connectivity index (χ1v) is 7.26. The van der Waals surface area contributed by atoms with Crippen LogP contribution in [0.25, 0.3) is 0 Å². The summed E-state index contributed by atoms with van der Waals surface area (Å²) in [5, 5.41) is 8.00. The molecule has 0 aliphatic rings. The van der Waals surface area contributed by atoms with Gasteiger partial charge in [0.05, 0.1) is 5.69 Å². The van der Waals surface area contributed by atoms with Gasteiger partial charge in [-0.25, -0.2) is 0 Å². The fraction of sp³-hybridized carbons (Fsp3) is 0.733. The van der Waals surface area contributed by atoms with E-state index in [1.807, 2.05) is 11.6 Å². The van der Waals surface area contributed by atoms with Gasteiger partial charge in [0.2, 0.25) is 5.91 Å². The summed E-state index contributed by atoms with van der Waals surface area (Å²) in [5.74, 6) is 0.778. The molecule has 1 aromatic rings. The van der Waals surface area contributed by atoms with Crippen LogP contribution in [-0.4, -0.2) is 41.2 Å². The van der Waals surface area contributed by atoms with Crippen molar-refractivity contribution < 1.29 is 4.79 Å². The Balaban J connectivity index is 2.64. The fourth-order valence-electron chi connectivity index (χ4n) is 2.12. The quantitative estimate of drug-likeness (QED) is 0.827. The van der Waals surface area contributed by atoms with Gasteiger partial charge in [0, 0.05) is 44.9 Å². The summed E-state index contributed by atoms with van der Waals surface area (Å²) in [4.78, 5) is 13.3. The van der Waals surface area contributed by atoms with Gasteiger partial charge in [-0.05, 0) is 26.3 Å². The molecule has 0 spiro atoms. The number of aromatic nitrogens is 2. The Kier molecular flexibility index (Phi) is 6.20. The standard InChI is InChI=1S/C15H28N4O/c1-11(2)9-16-10-14-12(3)17-19(13(14)4)8-7-15(20)18(5)6/h11,16H,7-10H2,1-6H3. The molecule has 0 atom stereocenters. The minimum atomic E-state index is 0.136. The molecular formula is C15H28N4O. The van der Waals surface area contributed by atoms with Crippen molar-refractivity contribution in [3.63, 3.8) is 0 Å². The average molecular weight is 280 g/mol. The van der Waals surface area contributed by atoms with Gasteiger partial charge in [-0.15, -0.1) is 0 Å². The van der Waals surface area contributed by atoms with Crippen LogP contribution in [0, 0.1) is 19.8 Å². The van der Waals surface area contributed by atoms with Crippen LogP contribution in [0.2, 0.25) is 0 Å². The first kappa shape index (κ1) is 16.7. The number of hydrogen-bond donors (Lipinski definition) is 1. The van der Waals surface area contributed by atoms with E-state index in [9.17, 15) is 4.79 Å². The van der Waals surface area contributed by atoms with Gasteiger partial charge in [0.15, 0.2) is 0 Å². The second-order valence-corrected chi connectivity index (χ2v) is 5.94. The molecule has 1 rings (SSSR count). The lowest BCUT2D eigenvalue weighted by Crippen LogP contribution is -2.23. The molecule has 0 unspecified atom stereocenters. The molecule has 1 N–H and O–H groups in total. The summed E-state index contributed by atoms with van der Waals surface area (Å²) < 4.78 is 1.95. The summed E-state index contributed by atoms with van der Waals surface area (Å²) in [6.07, 6.45) is 0.494. The van der Waals surface area contributed by atoms with E-state index in [0.29, 0.717) is 18.9 Å². The molecule has 5 nitrogen and oxygen atoms in total. The highest BCUT2D eigenvalue weighted by Crippen LogP contribution is 2.13. The van der Waals surface area contributed by atoms with Gasteiger partial charge >= 0.3 is 0 Å². The minimum Gasteiger partial charge on any atom is -0.349 e. The van der Waals surface area contributed by atoms with Gasteiger partial charge in [0.1, 0.15) is 0 Å². The number of carbonyl (C=O) groups excluding carboxylic acids is 1. The molecule has 0 aliphatic heterocycles. The third-order valence-electron chi connectivity index (χ3n) is 3.42. The molecule has 0 aliphatic carbocycles. The van der Waals surface area contributed by atoms with Crippen molar-refractivity contribution in [2.75, 3.05) is 20.6 Å². The van der Waals surface area contributed by atoms with E-state index in [1.165, 1.54) is 5.56 Å². The third-order valence-corrected chi connectivity index (χ3v) is 3.42. The molecular weight excluding hydrogens is 252 g/mol. The summed E-state index contributed by atoms with van der Waals surface area (Å²) in [7, 11) is 3.57. The van der Waals surface area contributed by atoms with Gasteiger partial charge in [-0.2, -0.15) is 5.10 Å². The van der Waals surface area contributed by atoms with Crippen molar-refractivity contribution in [3.05, 3.63) is 17.0 Å². The Morgan fingerprint density at radius 2 is 2.00 bits per heavy atom. The SMILES string of the molecule is Cc1nn(CCC(=O)N(C)C)c(C)c1CNCC(C)C. The molecule has 1 heterocycles. The van der Waals surface area contributed by atoms with Crippen LogP contribution in [0.3, 0.4) is 0 Å². The molecule has 5 heteroatoms. The smallest absolute Gasteiger partial charge is 0.223 e.